The van der Waals surface area contributed by atoms with Gasteiger partial charge in [-0.1, -0.05) is 78.1 Å². The number of anilines is 1. The summed E-state index contributed by atoms with van der Waals surface area (Å²) in [4.78, 5) is 27.7. The first-order valence-electron chi connectivity index (χ1n) is 11.9. The molecule has 0 aromatic heterocycles. The SMILES string of the molecule is CCOc1cc(/C=C2\SC(=S)N([C@@H](C)c3ccccc3)C2=O)ccc1OCC(=O)Nc1ccc(C)cc1. The lowest BCUT2D eigenvalue weighted by Crippen LogP contribution is -2.30. The molecule has 2 amide bonds. The van der Waals surface area contributed by atoms with Crippen LogP contribution in [0.4, 0.5) is 5.69 Å². The van der Waals surface area contributed by atoms with Crippen molar-refractivity contribution in [1.29, 1.82) is 0 Å². The second-order valence-corrected chi connectivity index (χ2v) is 10.2. The number of carbonyl (C=O) groups is 2. The summed E-state index contributed by atoms with van der Waals surface area (Å²) in [5.41, 5.74) is 3.61. The molecule has 1 atom stereocenters. The summed E-state index contributed by atoms with van der Waals surface area (Å²) in [5.74, 6) is 0.542. The Morgan fingerprint density at radius 2 is 1.78 bits per heavy atom. The third-order valence-corrected chi connectivity index (χ3v) is 7.08. The standard InChI is InChI=1S/C29H28N2O4S2/c1-4-34-25-16-21(12-15-24(25)35-18-27(32)30-23-13-10-19(2)11-14-23)17-26-28(33)31(29(36)37-26)20(3)22-8-6-5-7-9-22/h5-17,20H,4,18H2,1-3H3,(H,30,32)/b26-17-/t20-/m0/s1. The number of rotatable bonds is 9. The first-order chi connectivity index (χ1) is 17.9. The second kappa shape index (κ2) is 12.1. The van der Waals surface area contributed by atoms with E-state index in [1.54, 1.807) is 23.1 Å². The van der Waals surface area contributed by atoms with Crippen molar-refractivity contribution in [2.75, 3.05) is 18.5 Å². The Balaban J connectivity index is 1.46. The molecular formula is C29H28N2O4S2. The molecule has 37 heavy (non-hydrogen) atoms. The molecule has 1 N–H and O–H groups in total. The van der Waals surface area contributed by atoms with Crippen LogP contribution in [0.25, 0.3) is 6.08 Å². The Hall–Kier alpha value is -3.62. The van der Waals surface area contributed by atoms with Crippen LogP contribution in [0.1, 0.15) is 36.6 Å². The third kappa shape index (κ3) is 6.58. The number of benzene rings is 3. The summed E-state index contributed by atoms with van der Waals surface area (Å²) >= 11 is 6.81. The lowest BCUT2D eigenvalue weighted by molar-refractivity contribution is -0.123. The van der Waals surface area contributed by atoms with Crippen LogP contribution in [0.2, 0.25) is 0 Å². The normalized spacial score (nSPS) is 15.1. The summed E-state index contributed by atoms with van der Waals surface area (Å²) in [7, 11) is 0. The molecule has 0 bridgehead atoms. The number of amides is 2. The van der Waals surface area contributed by atoms with Crippen molar-refractivity contribution < 1.29 is 19.1 Å². The van der Waals surface area contributed by atoms with Crippen LogP contribution in [0.15, 0.2) is 77.7 Å². The Morgan fingerprint density at radius 1 is 1.05 bits per heavy atom. The van der Waals surface area contributed by atoms with Gasteiger partial charge in [-0.2, -0.15) is 0 Å². The summed E-state index contributed by atoms with van der Waals surface area (Å²) in [5, 5.41) is 2.81. The minimum Gasteiger partial charge on any atom is -0.490 e. The second-order valence-electron chi connectivity index (χ2n) is 8.48. The van der Waals surface area contributed by atoms with Crippen molar-refractivity contribution in [3.8, 4) is 11.5 Å². The number of nitrogens with zero attached hydrogens (tertiary/aromatic N) is 1. The van der Waals surface area contributed by atoms with Crippen LogP contribution < -0.4 is 14.8 Å². The van der Waals surface area contributed by atoms with Gasteiger partial charge in [0.2, 0.25) is 0 Å². The van der Waals surface area contributed by atoms with E-state index in [4.69, 9.17) is 21.7 Å². The highest BCUT2D eigenvalue weighted by atomic mass is 32.2. The molecule has 6 nitrogen and oxygen atoms in total. The van der Waals surface area contributed by atoms with Gasteiger partial charge in [-0.05, 0) is 62.2 Å². The van der Waals surface area contributed by atoms with Crippen molar-refractivity contribution in [2.45, 2.75) is 26.8 Å². The summed E-state index contributed by atoms with van der Waals surface area (Å²) in [6.45, 7) is 6.09. The average molecular weight is 533 g/mol. The molecule has 0 radical (unpaired) electrons. The van der Waals surface area contributed by atoms with Gasteiger partial charge in [0, 0.05) is 5.69 Å². The molecule has 3 aromatic carbocycles. The smallest absolute Gasteiger partial charge is 0.266 e. The number of nitrogens with one attached hydrogen (secondary N) is 1. The first kappa shape index (κ1) is 26.4. The zero-order valence-electron chi connectivity index (χ0n) is 20.9. The fourth-order valence-electron chi connectivity index (χ4n) is 3.82. The molecule has 0 saturated carbocycles. The predicted octanol–water partition coefficient (Wildman–Crippen LogP) is 6.37. The molecule has 0 spiro atoms. The predicted molar refractivity (Wildman–Crippen MR) is 153 cm³/mol. The average Bonchev–Trinajstić information content (AvgIpc) is 3.17. The maximum atomic E-state index is 13.2. The Morgan fingerprint density at radius 3 is 2.49 bits per heavy atom. The monoisotopic (exact) mass is 532 g/mol. The van der Waals surface area contributed by atoms with Crippen molar-refractivity contribution in [1.82, 2.24) is 4.90 Å². The van der Waals surface area contributed by atoms with Crippen molar-refractivity contribution >= 4 is 51.9 Å². The molecule has 1 aliphatic rings. The topological polar surface area (TPSA) is 67.9 Å². The van der Waals surface area contributed by atoms with Gasteiger partial charge in [-0.15, -0.1) is 0 Å². The molecule has 0 aliphatic carbocycles. The molecule has 8 heteroatoms. The van der Waals surface area contributed by atoms with Gasteiger partial charge in [0.1, 0.15) is 4.32 Å². The Labute approximate surface area is 226 Å². The zero-order valence-corrected chi connectivity index (χ0v) is 22.5. The van der Waals surface area contributed by atoms with Gasteiger partial charge >= 0.3 is 0 Å². The van der Waals surface area contributed by atoms with E-state index in [0.29, 0.717) is 33.0 Å². The first-order valence-corrected chi connectivity index (χ1v) is 13.2. The quantitative estimate of drug-likeness (QED) is 0.255. The number of carbonyl (C=O) groups excluding carboxylic acids is 2. The van der Waals surface area contributed by atoms with Crippen molar-refractivity contribution in [2.24, 2.45) is 0 Å². The molecular weight excluding hydrogens is 504 g/mol. The number of ether oxygens (including phenoxy) is 2. The maximum Gasteiger partial charge on any atom is 0.266 e. The molecule has 4 rings (SSSR count). The third-order valence-electron chi connectivity index (χ3n) is 5.75. The minimum atomic E-state index is -0.272. The van der Waals surface area contributed by atoms with E-state index in [9.17, 15) is 9.59 Å². The fourth-order valence-corrected chi connectivity index (χ4v) is 5.24. The zero-order chi connectivity index (χ0) is 26.4. The fraction of sp³-hybridized carbons (Fsp3) is 0.207. The molecule has 1 aliphatic heterocycles. The molecule has 0 unspecified atom stereocenters. The lowest BCUT2D eigenvalue weighted by Gasteiger charge is -2.23. The van der Waals surface area contributed by atoms with Crippen LogP contribution in [-0.4, -0.2) is 34.2 Å². The Kier molecular flexibility index (Phi) is 8.63. The van der Waals surface area contributed by atoms with Gasteiger partial charge in [0.05, 0.1) is 17.6 Å². The van der Waals surface area contributed by atoms with Crippen LogP contribution in [0, 0.1) is 6.92 Å². The van der Waals surface area contributed by atoms with Crippen LogP contribution in [-0.2, 0) is 9.59 Å². The van der Waals surface area contributed by atoms with Crippen LogP contribution in [0.5, 0.6) is 11.5 Å². The summed E-state index contributed by atoms with van der Waals surface area (Å²) in [6.07, 6.45) is 1.80. The van der Waals surface area contributed by atoms with E-state index in [0.717, 1.165) is 16.7 Å². The van der Waals surface area contributed by atoms with Gasteiger partial charge in [-0.25, -0.2) is 0 Å². The van der Waals surface area contributed by atoms with Crippen LogP contribution in [0.3, 0.4) is 0 Å². The van der Waals surface area contributed by atoms with E-state index in [2.05, 4.69) is 5.32 Å². The number of thiocarbonyl (C=S) groups is 1. The lowest BCUT2D eigenvalue weighted by atomic mass is 10.1. The van der Waals surface area contributed by atoms with Crippen molar-refractivity contribution in [3.63, 3.8) is 0 Å². The number of aryl methyl sites for hydroxylation is 1. The number of hydrogen-bond donors (Lipinski definition) is 1. The molecule has 1 heterocycles. The van der Waals surface area contributed by atoms with E-state index in [-0.39, 0.29) is 24.5 Å². The molecule has 1 fully saturated rings. The van der Waals surface area contributed by atoms with Crippen LogP contribution >= 0.6 is 24.0 Å². The van der Waals surface area contributed by atoms with E-state index < -0.39 is 0 Å². The molecule has 190 valence electrons. The van der Waals surface area contributed by atoms with Crippen molar-refractivity contribution in [3.05, 3.63) is 94.4 Å². The number of hydrogen-bond acceptors (Lipinski definition) is 6. The van der Waals surface area contributed by atoms with Gasteiger partial charge < -0.3 is 14.8 Å². The van der Waals surface area contributed by atoms with E-state index in [1.165, 1.54) is 11.8 Å². The highest BCUT2D eigenvalue weighted by Gasteiger charge is 2.35. The summed E-state index contributed by atoms with van der Waals surface area (Å²) in [6, 6.07) is 22.6. The van der Waals surface area contributed by atoms with E-state index in [1.807, 2.05) is 81.4 Å². The maximum absolute atomic E-state index is 13.2. The van der Waals surface area contributed by atoms with Gasteiger partial charge in [0.15, 0.2) is 18.1 Å². The minimum absolute atomic E-state index is 0.127. The number of thioether (sulfide) groups is 1. The highest BCUT2D eigenvalue weighted by molar-refractivity contribution is 8.26. The largest absolute Gasteiger partial charge is 0.490 e. The Bertz CT molecular complexity index is 1320. The van der Waals surface area contributed by atoms with Gasteiger partial charge in [-0.3, -0.25) is 14.5 Å². The summed E-state index contributed by atoms with van der Waals surface area (Å²) < 4.78 is 12.0. The molecule has 1 saturated heterocycles. The van der Waals surface area contributed by atoms with E-state index >= 15 is 0 Å². The highest BCUT2D eigenvalue weighted by Crippen LogP contribution is 2.39. The molecule has 3 aromatic rings. The van der Waals surface area contributed by atoms with Gasteiger partial charge in [0.25, 0.3) is 11.8 Å².